The zero-order valence-electron chi connectivity index (χ0n) is 9.96. The van der Waals surface area contributed by atoms with Gasteiger partial charge in [-0.05, 0) is 6.07 Å². The largest absolute Gasteiger partial charge is 0.493 e. The molecule has 1 aliphatic rings. The van der Waals surface area contributed by atoms with Crippen molar-refractivity contribution in [3.05, 3.63) is 17.7 Å². The van der Waals surface area contributed by atoms with Gasteiger partial charge in [0.2, 0.25) is 0 Å². The van der Waals surface area contributed by atoms with E-state index in [4.69, 9.17) is 9.47 Å². The summed E-state index contributed by atoms with van der Waals surface area (Å²) in [7, 11) is 2.54. The number of nitrogens with one attached hydrogen (secondary N) is 1. The lowest BCUT2D eigenvalue weighted by atomic mass is 9.94. The number of halogens is 3. The Kier molecular flexibility index (Phi) is 2.85. The van der Waals surface area contributed by atoms with E-state index < -0.39 is 23.2 Å². The smallest absolute Gasteiger partial charge is 0.430 e. The Bertz CT molecular complexity index is 543. The number of ether oxygens (including phenoxy) is 2. The Hall–Kier alpha value is -1.96. The van der Waals surface area contributed by atoms with Crippen LogP contribution in [-0.4, -0.2) is 31.4 Å². The quantitative estimate of drug-likeness (QED) is 0.857. The van der Waals surface area contributed by atoms with Gasteiger partial charge in [0.15, 0.2) is 11.5 Å². The molecule has 1 aliphatic heterocycles. The zero-order valence-corrected chi connectivity index (χ0v) is 9.96. The van der Waals surface area contributed by atoms with Crippen molar-refractivity contribution in [1.82, 2.24) is 0 Å². The number of hydrogen-bond acceptors (Lipinski definition) is 4. The summed E-state index contributed by atoms with van der Waals surface area (Å²) in [5.41, 5.74) is -4.35. The van der Waals surface area contributed by atoms with Gasteiger partial charge in [-0.15, -0.1) is 0 Å². The van der Waals surface area contributed by atoms with E-state index in [-0.39, 0.29) is 17.2 Å². The Labute approximate surface area is 105 Å². The number of hydrogen-bond donors (Lipinski definition) is 2. The first-order chi connectivity index (χ1) is 8.75. The van der Waals surface area contributed by atoms with Crippen LogP contribution in [0.15, 0.2) is 12.1 Å². The fraction of sp³-hybridized carbons (Fsp3) is 0.364. The van der Waals surface area contributed by atoms with Crippen LogP contribution in [0.1, 0.15) is 5.56 Å². The van der Waals surface area contributed by atoms with E-state index in [9.17, 15) is 23.1 Å². The third kappa shape index (κ3) is 1.71. The number of benzene rings is 1. The molecule has 1 amide bonds. The minimum absolute atomic E-state index is 0.0135. The molecule has 2 N–H and O–H groups in total. The number of rotatable bonds is 2. The number of carbonyl (C=O) groups is 1. The molecule has 2 rings (SSSR count). The summed E-state index contributed by atoms with van der Waals surface area (Å²) in [6, 6.07) is 2.09. The predicted octanol–water partition coefficient (Wildman–Crippen LogP) is 1.41. The molecule has 0 fully saturated rings. The number of methoxy groups -OCH3 is 2. The van der Waals surface area contributed by atoms with Crippen LogP contribution in [0.4, 0.5) is 18.9 Å². The van der Waals surface area contributed by atoms with Crippen LogP contribution < -0.4 is 14.8 Å². The molecule has 0 radical (unpaired) electrons. The molecule has 0 saturated heterocycles. The van der Waals surface area contributed by atoms with Crippen molar-refractivity contribution in [2.45, 2.75) is 11.8 Å². The van der Waals surface area contributed by atoms with Crippen molar-refractivity contribution in [1.29, 1.82) is 0 Å². The van der Waals surface area contributed by atoms with Gasteiger partial charge < -0.3 is 19.9 Å². The first-order valence-corrected chi connectivity index (χ1v) is 5.12. The van der Waals surface area contributed by atoms with Gasteiger partial charge in [0, 0.05) is 11.6 Å². The fourth-order valence-electron chi connectivity index (χ4n) is 1.90. The summed E-state index contributed by atoms with van der Waals surface area (Å²) >= 11 is 0. The van der Waals surface area contributed by atoms with Crippen LogP contribution in [0.3, 0.4) is 0 Å². The molecule has 5 nitrogen and oxygen atoms in total. The first-order valence-electron chi connectivity index (χ1n) is 5.12. The van der Waals surface area contributed by atoms with Crippen LogP contribution in [0.25, 0.3) is 0 Å². The molecule has 0 aliphatic carbocycles. The van der Waals surface area contributed by atoms with Gasteiger partial charge in [-0.2, -0.15) is 13.2 Å². The molecule has 1 heterocycles. The number of fused-ring (bicyclic) bond motifs is 1. The number of alkyl halides is 3. The van der Waals surface area contributed by atoms with Gasteiger partial charge in [-0.25, -0.2) is 0 Å². The maximum atomic E-state index is 12.9. The normalized spacial score (nSPS) is 21.9. The summed E-state index contributed by atoms with van der Waals surface area (Å²) in [6.07, 6.45) is -5.14. The molecule has 1 aromatic rings. The van der Waals surface area contributed by atoms with Crippen molar-refractivity contribution in [2.75, 3.05) is 19.5 Å². The third-order valence-corrected chi connectivity index (χ3v) is 2.90. The van der Waals surface area contributed by atoms with E-state index in [1.807, 2.05) is 5.32 Å². The number of aliphatic hydroxyl groups is 1. The minimum atomic E-state index is -5.14. The van der Waals surface area contributed by atoms with E-state index >= 15 is 0 Å². The highest BCUT2D eigenvalue weighted by Crippen LogP contribution is 2.49. The molecular formula is C11H10F3NO4. The van der Waals surface area contributed by atoms with Gasteiger partial charge in [0.05, 0.1) is 19.9 Å². The van der Waals surface area contributed by atoms with E-state index in [0.717, 1.165) is 12.1 Å². The molecule has 0 spiro atoms. The molecule has 1 atom stereocenters. The lowest BCUT2D eigenvalue weighted by Gasteiger charge is -2.24. The standard InChI is InChI=1S/C11H10F3NO4/c1-18-7-3-5-6(4-8(7)19-2)15-9(16)10(5,17)11(12,13)14/h3-4,17H,1-2H3,(H,15,16)/t10-/m0/s1. The molecule has 1 aromatic carbocycles. The second kappa shape index (κ2) is 4.02. The molecular weight excluding hydrogens is 267 g/mol. The lowest BCUT2D eigenvalue weighted by Crippen LogP contribution is -2.47. The average molecular weight is 277 g/mol. The molecule has 0 aromatic heterocycles. The van der Waals surface area contributed by atoms with Gasteiger partial charge in [0.25, 0.3) is 11.5 Å². The van der Waals surface area contributed by atoms with Crippen molar-refractivity contribution < 1.29 is 32.5 Å². The summed E-state index contributed by atoms with van der Waals surface area (Å²) in [5, 5.41) is 11.7. The second-order valence-corrected chi connectivity index (χ2v) is 3.92. The lowest BCUT2D eigenvalue weighted by molar-refractivity contribution is -0.252. The maximum Gasteiger partial charge on any atom is 0.430 e. The third-order valence-electron chi connectivity index (χ3n) is 2.90. The number of anilines is 1. The maximum absolute atomic E-state index is 12.9. The summed E-state index contributed by atoms with van der Waals surface area (Å²) in [5.74, 6) is -1.42. The number of amides is 1. The SMILES string of the molecule is COc1cc2c(cc1OC)[C@@](O)(C(F)(F)F)C(=O)N2. The topological polar surface area (TPSA) is 67.8 Å². The number of carbonyl (C=O) groups excluding carboxylic acids is 1. The minimum Gasteiger partial charge on any atom is -0.493 e. The second-order valence-electron chi connectivity index (χ2n) is 3.92. The Morgan fingerprint density at radius 1 is 1.21 bits per heavy atom. The summed E-state index contributed by atoms with van der Waals surface area (Å²) in [4.78, 5) is 11.4. The molecule has 104 valence electrons. The summed E-state index contributed by atoms with van der Waals surface area (Å²) in [6.45, 7) is 0. The first kappa shape index (κ1) is 13.5. The van der Waals surface area contributed by atoms with Crippen molar-refractivity contribution in [2.24, 2.45) is 0 Å². The van der Waals surface area contributed by atoms with Gasteiger partial charge in [-0.3, -0.25) is 4.79 Å². The average Bonchev–Trinajstić information content (AvgIpc) is 2.60. The van der Waals surface area contributed by atoms with Crippen molar-refractivity contribution in [3.63, 3.8) is 0 Å². The fourth-order valence-corrected chi connectivity index (χ4v) is 1.90. The van der Waals surface area contributed by atoms with Crippen LogP contribution in [0.2, 0.25) is 0 Å². The van der Waals surface area contributed by atoms with Crippen molar-refractivity contribution >= 4 is 11.6 Å². The van der Waals surface area contributed by atoms with E-state index in [1.165, 1.54) is 14.2 Å². The van der Waals surface area contributed by atoms with Crippen molar-refractivity contribution in [3.8, 4) is 11.5 Å². The van der Waals surface area contributed by atoms with Gasteiger partial charge in [0.1, 0.15) is 0 Å². The zero-order chi connectivity index (χ0) is 14.4. The molecule has 0 unspecified atom stereocenters. The van der Waals surface area contributed by atoms with Gasteiger partial charge >= 0.3 is 6.18 Å². The molecule has 8 heteroatoms. The van der Waals surface area contributed by atoms with Crippen LogP contribution in [0, 0.1) is 0 Å². The molecule has 19 heavy (non-hydrogen) atoms. The van der Waals surface area contributed by atoms with E-state index in [2.05, 4.69) is 0 Å². The van der Waals surface area contributed by atoms with Crippen LogP contribution >= 0.6 is 0 Å². The monoisotopic (exact) mass is 277 g/mol. The van der Waals surface area contributed by atoms with Crippen LogP contribution in [-0.2, 0) is 10.4 Å². The Morgan fingerprint density at radius 2 is 1.74 bits per heavy atom. The Balaban J connectivity index is 2.67. The highest BCUT2D eigenvalue weighted by Gasteiger charge is 2.64. The highest BCUT2D eigenvalue weighted by molar-refractivity contribution is 6.06. The molecule has 0 saturated carbocycles. The highest BCUT2D eigenvalue weighted by atomic mass is 19.4. The summed E-state index contributed by atoms with van der Waals surface area (Å²) < 4.78 is 48.5. The molecule has 0 bridgehead atoms. The van der Waals surface area contributed by atoms with Gasteiger partial charge in [-0.1, -0.05) is 0 Å². The van der Waals surface area contributed by atoms with Crippen LogP contribution in [0.5, 0.6) is 11.5 Å². The van der Waals surface area contributed by atoms with E-state index in [1.54, 1.807) is 0 Å². The Morgan fingerprint density at radius 3 is 2.21 bits per heavy atom. The predicted molar refractivity (Wildman–Crippen MR) is 58.1 cm³/mol. The van der Waals surface area contributed by atoms with E-state index in [0.29, 0.717) is 0 Å².